The molecule has 0 aliphatic heterocycles. The minimum atomic E-state index is -0.0418. The van der Waals surface area contributed by atoms with Crippen molar-refractivity contribution in [2.75, 3.05) is 40.2 Å². The van der Waals surface area contributed by atoms with Crippen LogP contribution in [0, 0.1) is 0 Å². The van der Waals surface area contributed by atoms with Crippen LogP contribution in [0.5, 0.6) is 11.5 Å². The number of hydrogen-bond donors (Lipinski definition) is 2. The van der Waals surface area contributed by atoms with Crippen LogP contribution < -0.4 is 20.1 Å². The van der Waals surface area contributed by atoms with Gasteiger partial charge in [-0.15, -0.1) is 24.0 Å². The molecule has 26 heavy (non-hydrogen) atoms. The second-order valence-corrected chi connectivity index (χ2v) is 6.27. The number of amides is 1. The fourth-order valence-corrected chi connectivity index (χ4v) is 2.72. The van der Waals surface area contributed by atoms with E-state index in [0.717, 1.165) is 18.5 Å². The average molecular weight is 476 g/mol. The maximum absolute atomic E-state index is 11.8. The van der Waals surface area contributed by atoms with Crippen LogP contribution >= 0.6 is 24.0 Å². The van der Waals surface area contributed by atoms with Gasteiger partial charge in [0.25, 0.3) is 0 Å². The van der Waals surface area contributed by atoms with Crippen LogP contribution in [0.3, 0.4) is 0 Å². The largest absolute Gasteiger partial charge is 0.493 e. The van der Waals surface area contributed by atoms with Gasteiger partial charge < -0.3 is 25.0 Å². The quantitative estimate of drug-likeness (QED) is 0.375. The molecule has 1 amide bonds. The molecular weight excluding hydrogens is 447 g/mol. The summed E-state index contributed by atoms with van der Waals surface area (Å²) in [5.41, 5.74) is 0.819. The first kappa shape index (κ1) is 22.3. The molecule has 0 saturated heterocycles. The van der Waals surface area contributed by atoms with Gasteiger partial charge in [-0.25, -0.2) is 4.99 Å². The van der Waals surface area contributed by atoms with Gasteiger partial charge >= 0.3 is 0 Å². The number of likely N-dealkylation sites (N-methyl/N-ethyl adjacent to an activating group) is 1. The van der Waals surface area contributed by atoms with Gasteiger partial charge in [-0.05, 0) is 25.0 Å². The van der Waals surface area contributed by atoms with Gasteiger partial charge in [0.2, 0.25) is 5.91 Å². The molecular formula is C18H29IN4O3. The lowest BCUT2D eigenvalue weighted by Gasteiger charge is -2.18. The smallest absolute Gasteiger partial charge is 0.243 e. The monoisotopic (exact) mass is 476 g/mol. The second-order valence-electron chi connectivity index (χ2n) is 6.27. The second kappa shape index (κ2) is 11.1. The van der Waals surface area contributed by atoms with Crippen LogP contribution in [0.4, 0.5) is 5.69 Å². The highest BCUT2D eigenvalue weighted by Crippen LogP contribution is 2.29. The van der Waals surface area contributed by atoms with E-state index in [1.807, 2.05) is 18.2 Å². The van der Waals surface area contributed by atoms with Gasteiger partial charge in [-0.1, -0.05) is 12.8 Å². The molecule has 1 saturated carbocycles. The summed E-state index contributed by atoms with van der Waals surface area (Å²) in [7, 11) is 6.66. The number of carbonyl (C=O) groups is 1. The van der Waals surface area contributed by atoms with Crippen molar-refractivity contribution in [2.45, 2.75) is 31.7 Å². The van der Waals surface area contributed by atoms with E-state index in [0.29, 0.717) is 23.5 Å². The number of nitrogens with one attached hydrogen (secondary N) is 2. The Balaban J connectivity index is 0.00000338. The summed E-state index contributed by atoms with van der Waals surface area (Å²) in [5, 5.41) is 6.68. The van der Waals surface area contributed by atoms with E-state index >= 15 is 0 Å². The van der Waals surface area contributed by atoms with Crippen molar-refractivity contribution in [3.8, 4) is 11.5 Å². The lowest BCUT2D eigenvalue weighted by atomic mass is 10.2. The highest BCUT2D eigenvalue weighted by atomic mass is 127. The van der Waals surface area contributed by atoms with Gasteiger partial charge in [0, 0.05) is 31.9 Å². The molecule has 0 unspecified atom stereocenters. The van der Waals surface area contributed by atoms with E-state index in [9.17, 15) is 4.79 Å². The Morgan fingerprint density at radius 1 is 1.19 bits per heavy atom. The maximum atomic E-state index is 11.8. The molecule has 1 aromatic rings. The Hall–Kier alpha value is -1.71. The van der Waals surface area contributed by atoms with Crippen LogP contribution in [-0.4, -0.2) is 57.7 Å². The number of guanidine groups is 1. The number of anilines is 1. The molecule has 1 aliphatic rings. The molecule has 1 aromatic carbocycles. The molecule has 1 aliphatic carbocycles. The lowest BCUT2D eigenvalue weighted by molar-refractivity contribution is -0.127. The summed E-state index contributed by atoms with van der Waals surface area (Å²) in [5.74, 6) is 1.87. The number of hydrogen-bond acceptors (Lipinski definition) is 4. The zero-order chi connectivity index (χ0) is 18.2. The Bertz CT molecular complexity index is 616. The predicted molar refractivity (Wildman–Crippen MR) is 115 cm³/mol. The van der Waals surface area contributed by atoms with Crippen LogP contribution in [0.2, 0.25) is 0 Å². The van der Waals surface area contributed by atoms with Crippen molar-refractivity contribution in [3.05, 3.63) is 18.2 Å². The van der Waals surface area contributed by atoms with E-state index in [1.54, 1.807) is 28.3 Å². The van der Waals surface area contributed by atoms with Gasteiger partial charge in [0.05, 0.1) is 14.2 Å². The van der Waals surface area contributed by atoms with Crippen LogP contribution in [-0.2, 0) is 4.79 Å². The third-order valence-electron chi connectivity index (χ3n) is 4.21. The first-order valence-corrected chi connectivity index (χ1v) is 8.53. The van der Waals surface area contributed by atoms with Gasteiger partial charge in [0.1, 0.15) is 6.54 Å². The average Bonchev–Trinajstić information content (AvgIpc) is 3.12. The molecule has 0 heterocycles. The topological polar surface area (TPSA) is 75.2 Å². The van der Waals surface area contributed by atoms with Crippen molar-refractivity contribution in [1.82, 2.24) is 10.2 Å². The van der Waals surface area contributed by atoms with Gasteiger partial charge in [-0.3, -0.25) is 4.79 Å². The number of carbonyl (C=O) groups excluding carboxylic acids is 1. The normalized spacial score (nSPS) is 14.4. The van der Waals surface area contributed by atoms with Crippen molar-refractivity contribution in [1.29, 1.82) is 0 Å². The highest BCUT2D eigenvalue weighted by molar-refractivity contribution is 14.0. The maximum Gasteiger partial charge on any atom is 0.243 e. The van der Waals surface area contributed by atoms with Gasteiger partial charge in [-0.2, -0.15) is 0 Å². The SMILES string of the molecule is COc1ccc(NC(=NCC(=O)N(C)C)NC2CCCC2)cc1OC.I. The minimum absolute atomic E-state index is 0. The number of nitrogens with zero attached hydrogens (tertiary/aromatic N) is 2. The Labute approximate surface area is 172 Å². The van der Waals surface area contributed by atoms with E-state index in [1.165, 1.54) is 17.7 Å². The summed E-state index contributed by atoms with van der Waals surface area (Å²) >= 11 is 0. The highest BCUT2D eigenvalue weighted by Gasteiger charge is 2.17. The van der Waals surface area contributed by atoms with E-state index in [2.05, 4.69) is 15.6 Å². The van der Waals surface area contributed by atoms with Crippen LogP contribution in [0.15, 0.2) is 23.2 Å². The van der Waals surface area contributed by atoms with E-state index < -0.39 is 0 Å². The molecule has 0 bridgehead atoms. The molecule has 8 heteroatoms. The molecule has 0 radical (unpaired) electrons. The number of methoxy groups -OCH3 is 2. The predicted octanol–water partition coefficient (Wildman–Crippen LogP) is 2.71. The molecule has 0 atom stereocenters. The van der Waals surface area contributed by atoms with Gasteiger partial charge in [0.15, 0.2) is 17.5 Å². The zero-order valence-electron chi connectivity index (χ0n) is 15.9. The molecule has 2 N–H and O–H groups in total. The van der Waals surface area contributed by atoms with Crippen molar-refractivity contribution < 1.29 is 14.3 Å². The number of halogens is 1. The Kier molecular flexibility index (Phi) is 9.53. The zero-order valence-corrected chi connectivity index (χ0v) is 18.2. The summed E-state index contributed by atoms with van der Waals surface area (Å²) < 4.78 is 10.6. The number of aliphatic imine (C=N–C) groups is 1. The first-order chi connectivity index (χ1) is 12.0. The third kappa shape index (κ3) is 6.54. The molecule has 7 nitrogen and oxygen atoms in total. The summed E-state index contributed by atoms with van der Waals surface area (Å²) in [6.45, 7) is 0.0995. The summed E-state index contributed by atoms with van der Waals surface area (Å²) in [4.78, 5) is 17.8. The van der Waals surface area contributed by atoms with Crippen LogP contribution in [0.1, 0.15) is 25.7 Å². The minimum Gasteiger partial charge on any atom is -0.493 e. The Morgan fingerprint density at radius 3 is 2.42 bits per heavy atom. The molecule has 146 valence electrons. The standard InChI is InChI=1S/C18H28N4O3.HI/c1-22(2)17(23)12-19-18(20-13-7-5-6-8-13)21-14-9-10-15(24-3)16(11-14)25-4;/h9-11,13H,5-8,12H2,1-4H3,(H2,19,20,21);1H. The molecule has 2 rings (SSSR count). The number of benzene rings is 1. The van der Waals surface area contributed by atoms with Crippen LogP contribution in [0.25, 0.3) is 0 Å². The summed E-state index contributed by atoms with van der Waals surface area (Å²) in [6, 6.07) is 5.96. The number of rotatable bonds is 6. The lowest BCUT2D eigenvalue weighted by Crippen LogP contribution is -2.38. The summed E-state index contributed by atoms with van der Waals surface area (Å²) in [6.07, 6.45) is 4.68. The number of ether oxygens (including phenoxy) is 2. The van der Waals surface area contributed by atoms with Crippen molar-refractivity contribution in [3.63, 3.8) is 0 Å². The third-order valence-corrected chi connectivity index (χ3v) is 4.21. The Morgan fingerprint density at radius 2 is 1.85 bits per heavy atom. The fourth-order valence-electron chi connectivity index (χ4n) is 2.72. The molecule has 0 aromatic heterocycles. The fraction of sp³-hybridized carbons (Fsp3) is 0.556. The van der Waals surface area contributed by atoms with E-state index in [-0.39, 0.29) is 36.4 Å². The van der Waals surface area contributed by atoms with E-state index in [4.69, 9.17) is 9.47 Å². The van der Waals surface area contributed by atoms with Crippen molar-refractivity contribution >= 4 is 41.5 Å². The molecule has 1 fully saturated rings. The molecule has 0 spiro atoms. The van der Waals surface area contributed by atoms with Crippen molar-refractivity contribution in [2.24, 2.45) is 4.99 Å². The first-order valence-electron chi connectivity index (χ1n) is 8.53.